The van der Waals surface area contributed by atoms with Gasteiger partial charge in [-0.2, -0.15) is 0 Å². The van der Waals surface area contributed by atoms with E-state index in [0.29, 0.717) is 5.92 Å². The molecule has 3 nitrogen and oxygen atoms in total. The normalized spacial score (nSPS) is 27.8. The molecule has 0 aliphatic carbocycles. The third kappa shape index (κ3) is 2.73. The predicted octanol–water partition coefficient (Wildman–Crippen LogP) is 0.0379. The first-order valence-electron chi connectivity index (χ1n) is 4.84. The highest BCUT2D eigenvalue weighted by atomic mass is 16.3. The molecule has 0 aromatic rings. The molecule has 0 aromatic carbocycles. The molecule has 12 heavy (non-hydrogen) atoms. The first-order chi connectivity index (χ1) is 5.74. The van der Waals surface area contributed by atoms with Crippen LogP contribution < -0.4 is 5.73 Å². The van der Waals surface area contributed by atoms with Crippen LogP contribution in [0.1, 0.15) is 19.8 Å². The molecule has 0 aromatic heterocycles. The molecular formula is C9H20N2O. The Morgan fingerprint density at radius 2 is 2.42 bits per heavy atom. The minimum atomic E-state index is -0.145. The molecule has 0 saturated carbocycles. The Morgan fingerprint density at radius 1 is 1.67 bits per heavy atom. The van der Waals surface area contributed by atoms with E-state index in [-0.39, 0.29) is 6.10 Å². The monoisotopic (exact) mass is 172 g/mol. The van der Waals surface area contributed by atoms with Crippen LogP contribution in [-0.2, 0) is 0 Å². The third-order valence-corrected chi connectivity index (χ3v) is 2.67. The topological polar surface area (TPSA) is 49.5 Å². The fourth-order valence-corrected chi connectivity index (χ4v) is 1.77. The second-order valence-electron chi connectivity index (χ2n) is 3.73. The van der Waals surface area contributed by atoms with Crippen LogP contribution in [0, 0.1) is 5.92 Å². The van der Waals surface area contributed by atoms with E-state index in [2.05, 4.69) is 4.90 Å². The van der Waals surface area contributed by atoms with Gasteiger partial charge >= 0.3 is 0 Å². The first-order valence-corrected chi connectivity index (χ1v) is 4.84. The van der Waals surface area contributed by atoms with Crippen molar-refractivity contribution >= 4 is 0 Å². The van der Waals surface area contributed by atoms with E-state index in [1.165, 1.54) is 0 Å². The quantitative estimate of drug-likeness (QED) is 0.629. The minimum Gasteiger partial charge on any atom is -0.393 e. The van der Waals surface area contributed by atoms with Crippen molar-refractivity contribution < 1.29 is 5.11 Å². The molecular weight excluding hydrogens is 152 g/mol. The van der Waals surface area contributed by atoms with Crippen molar-refractivity contribution in [2.45, 2.75) is 25.9 Å². The molecule has 0 amide bonds. The zero-order chi connectivity index (χ0) is 8.97. The van der Waals surface area contributed by atoms with Crippen LogP contribution in [0.15, 0.2) is 0 Å². The standard InChI is InChI=1S/C9H20N2O/c1-8(12)9-3-6-11(7-9)5-2-4-10/h8-9,12H,2-7,10H2,1H3. The lowest BCUT2D eigenvalue weighted by Crippen LogP contribution is -2.26. The van der Waals surface area contributed by atoms with Gasteiger partial charge in [-0.3, -0.25) is 0 Å². The Kier molecular flexibility index (Phi) is 3.98. The van der Waals surface area contributed by atoms with E-state index in [1.54, 1.807) is 0 Å². The average Bonchev–Trinajstić information content (AvgIpc) is 2.48. The largest absolute Gasteiger partial charge is 0.393 e. The average molecular weight is 172 g/mol. The second-order valence-corrected chi connectivity index (χ2v) is 3.73. The molecule has 1 rings (SSSR count). The summed E-state index contributed by atoms with van der Waals surface area (Å²) in [6, 6.07) is 0. The van der Waals surface area contributed by atoms with Crippen LogP contribution >= 0.6 is 0 Å². The van der Waals surface area contributed by atoms with Crippen molar-refractivity contribution in [1.29, 1.82) is 0 Å². The van der Waals surface area contributed by atoms with E-state index in [1.807, 2.05) is 6.92 Å². The molecule has 0 bridgehead atoms. The molecule has 3 heteroatoms. The van der Waals surface area contributed by atoms with Crippen LogP contribution in [0.4, 0.5) is 0 Å². The number of likely N-dealkylation sites (tertiary alicyclic amines) is 1. The van der Waals surface area contributed by atoms with Crippen molar-refractivity contribution in [3.63, 3.8) is 0 Å². The van der Waals surface area contributed by atoms with Gasteiger partial charge in [-0.05, 0) is 45.3 Å². The molecule has 1 fully saturated rings. The van der Waals surface area contributed by atoms with Gasteiger partial charge in [-0.15, -0.1) is 0 Å². The number of aliphatic hydroxyl groups is 1. The summed E-state index contributed by atoms with van der Waals surface area (Å²) in [5, 5.41) is 9.34. The van der Waals surface area contributed by atoms with E-state index in [4.69, 9.17) is 5.73 Å². The smallest absolute Gasteiger partial charge is 0.0552 e. The molecule has 2 unspecified atom stereocenters. The maximum atomic E-state index is 9.34. The van der Waals surface area contributed by atoms with Crippen LogP contribution in [0.2, 0.25) is 0 Å². The van der Waals surface area contributed by atoms with Crippen LogP contribution in [0.3, 0.4) is 0 Å². The Balaban J connectivity index is 2.17. The zero-order valence-electron chi connectivity index (χ0n) is 7.87. The lowest BCUT2D eigenvalue weighted by atomic mass is 10.0. The summed E-state index contributed by atoms with van der Waals surface area (Å²) in [5.74, 6) is 0.489. The van der Waals surface area contributed by atoms with Gasteiger partial charge in [-0.1, -0.05) is 0 Å². The fraction of sp³-hybridized carbons (Fsp3) is 1.00. The molecule has 3 N–H and O–H groups in total. The summed E-state index contributed by atoms with van der Waals surface area (Å²) in [6.45, 7) is 5.94. The van der Waals surface area contributed by atoms with E-state index >= 15 is 0 Å². The van der Waals surface area contributed by atoms with Gasteiger partial charge in [-0.25, -0.2) is 0 Å². The minimum absolute atomic E-state index is 0.145. The predicted molar refractivity (Wildman–Crippen MR) is 49.9 cm³/mol. The van der Waals surface area contributed by atoms with Crippen LogP contribution in [0.5, 0.6) is 0 Å². The maximum Gasteiger partial charge on any atom is 0.0552 e. The second kappa shape index (κ2) is 4.80. The summed E-state index contributed by atoms with van der Waals surface area (Å²) in [6.07, 6.45) is 2.07. The van der Waals surface area contributed by atoms with Crippen molar-refractivity contribution in [2.75, 3.05) is 26.2 Å². The third-order valence-electron chi connectivity index (χ3n) is 2.67. The summed E-state index contributed by atoms with van der Waals surface area (Å²) >= 11 is 0. The van der Waals surface area contributed by atoms with Crippen molar-refractivity contribution in [3.05, 3.63) is 0 Å². The van der Waals surface area contributed by atoms with Crippen molar-refractivity contribution in [2.24, 2.45) is 11.7 Å². The van der Waals surface area contributed by atoms with Crippen molar-refractivity contribution in [3.8, 4) is 0 Å². The van der Waals surface area contributed by atoms with Gasteiger partial charge in [0.1, 0.15) is 0 Å². The Labute approximate surface area is 74.5 Å². The number of rotatable bonds is 4. The number of nitrogens with zero attached hydrogens (tertiary/aromatic N) is 1. The number of nitrogens with two attached hydrogens (primary N) is 1. The molecule has 0 radical (unpaired) electrons. The summed E-state index contributed by atoms with van der Waals surface area (Å²) in [5.41, 5.74) is 5.43. The van der Waals surface area contributed by atoms with E-state index < -0.39 is 0 Å². The zero-order valence-corrected chi connectivity index (χ0v) is 7.87. The van der Waals surface area contributed by atoms with Gasteiger partial charge in [0.05, 0.1) is 6.10 Å². The van der Waals surface area contributed by atoms with E-state index in [9.17, 15) is 5.11 Å². The summed E-state index contributed by atoms with van der Waals surface area (Å²) in [4.78, 5) is 2.39. The molecule has 1 aliphatic rings. The fourth-order valence-electron chi connectivity index (χ4n) is 1.77. The molecule has 2 atom stereocenters. The molecule has 72 valence electrons. The summed E-state index contributed by atoms with van der Waals surface area (Å²) in [7, 11) is 0. The SMILES string of the molecule is CC(O)C1CCN(CCCN)C1. The van der Waals surface area contributed by atoms with Gasteiger partial charge in [0.2, 0.25) is 0 Å². The van der Waals surface area contributed by atoms with Crippen LogP contribution in [0.25, 0.3) is 0 Å². The van der Waals surface area contributed by atoms with Gasteiger partial charge in [0, 0.05) is 6.54 Å². The lowest BCUT2D eigenvalue weighted by Gasteiger charge is -2.16. The van der Waals surface area contributed by atoms with Gasteiger partial charge in [0.25, 0.3) is 0 Å². The van der Waals surface area contributed by atoms with Gasteiger partial charge in [0.15, 0.2) is 0 Å². The number of hydrogen-bond acceptors (Lipinski definition) is 3. The highest BCUT2D eigenvalue weighted by Gasteiger charge is 2.24. The van der Waals surface area contributed by atoms with Crippen molar-refractivity contribution in [1.82, 2.24) is 4.90 Å². The van der Waals surface area contributed by atoms with E-state index in [0.717, 1.165) is 39.0 Å². The number of hydrogen-bond donors (Lipinski definition) is 2. The highest BCUT2D eigenvalue weighted by Crippen LogP contribution is 2.19. The Morgan fingerprint density at radius 3 is 2.92 bits per heavy atom. The molecule has 1 heterocycles. The molecule has 1 aliphatic heterocycles. The maximum absolute atomic E-state index is 9.34. The highest BCUT2D eigenvalue weighted by molar-refractivity contribution is 4.78. The Bertz CT molecular complexity index is 128. The van der Waals surface area contributed by atoms with Crippen LogP contribution in [-0.4, -0.2) is 42.3 Å². The van der Waals surface area contributed by atoms with Gasteiger partial charge < -0.3 is 15.7 Å². The Hall–Kier alpha value is -0.120. The first kappa shape index (κ1) is 9.96. The lowest BCUT2D eigenvalue weighted by molar-refractivity contribution is 0.128. The molecule has 0 spiro atoms. The molecule has 1 saturated heterocycles. The summed E-state index contributed by atoms with van der Waals surface area (Å²) < 4.78 is 0. The number of aliphatic hydroxyl groups excluding tert-OH is 1.